The highest BCUT2D eigenvalue weighted by atomic mass is 16.4. The molecule has 0 aliphatic rings. The van der Waals surface area contributed by atoms with Crippen LogP contribution >= 0.6 is 0 Å². The van der Waals surface area contributed by atoms with Crippen LogP contribution in [0.25, 0.3) is 0 Å². The fourth-order valence-electron chi connectivity index (χ4n) is 1.56. The maximum absolute atomic E-state index is 11.6. The van der Waals surface area contributed by atoms with E-state index < -0.39 is 12.0 Å². The van der Waals surface area contributed by atoms with Gasteiger partial charge in [-0.05, 0) is 18.6 Å². The maximum atomic E-state index is 11.6. The number of nitrogens with zero attached hydrogens (tertiary/aromatic N) is 1. The molecule has 0 aromatic carbocycles. The molecule has 1 atom stereocenters. The number of ketones is 1. The van der Waals surface area contributed by atoms with Gasteiger partial charge >= 0.3 is 5.97 Å². The van der Waals surface area contributed by atoms with Crippen molar-refractivity contribution in [1.29, 1.82) is 0 Å². The summed E-state index contributed by atoms with van der Waals surface area (Å²) in [5.74, 6) is -1.43. The van der Waals surface area contributed by atoms with Crippen molar-refractivity contribution in [3.05, 3.63) is 30.1 Å². The number of hydrogen-bond acceptors (Lipinski definition) is 4. The van der Waals surface area contributed by atoms with Crippen molar-refractivity contribution in [1.82, 2.24) is 10.3 Å². The van der Waals surface area contributed by atoms with Crippen LogP contribution in [0, 0.1) is 0 Å². The van der Waals surface area contributed by atoms with E-state index in [1.807, 2.05) is 0 Å². The van der Waals surface area contributed by atoms with Gasteiger partial charge in [-0.2, -0.15) is 0 Å². The third-order valence-electron chi connectivity index (χ3n) is 2.50. The summed E-state index contributed by atoms with van der Waals surface area (Å²) in [5.41, 5.74) is 0.626. The first-order valence-electron chi connectivity index (χ1n) is 5.89. The molecule has 0 radical (unpaired) electrons. The Bertz CT molecular complexity index is 459. The molecule has 0 bridgehead atoms. The SMILES string of the molecule is CC(=O)CCC(=O)NC(CC(=O)O)c1cccnc1. The van der Waals surface area contributed by atoms with E-state index >= 15 is 0 Å². The van der Waals surface area contributed by atoms with E-state index in [2.05, 4.69) is 10.3 Å². The van der Waals surface area contributed by atoms with Crippen molar-refractivity contribution < 1.29 is 19.5 Å². The average Bonchev–Trinajstić information content (AvgIpc) is 2.36. The normalized spacial score (nSPS) is 11.6. The number of rotatable bonds is 7. The molecule has 0 aliphatic heterocycles. The lowest BCUT2D eigenvalue weighted by atomic mass is 10.1. The van der Waals surface area contributed by atoms with E-state index in [0.29, 0.717) is 5.56 Å². The summed E-state index contributed by atoms with van der Waals surface area (Å²) >= 11 is 0. The highest BCUT2D eigenvalue weighted by molar-refractivity contribution is 5.84. The van der Waals surface area contributed by atoms with Gasteiger partial charge in [0.2, 0.25) is 5.91 Å². The smallest absolute Gasteiger partial charge is 0.305 e. The molecular weight excluding hydrogens is 248 g/mol. The minimum absolute atomic E-state index is 0.0612. The molecule has 1 aromatic rings. The lowest BCUT2D eigenvalue weighted by Crippen LogP contribution is -2.30. The largest absolute Gasteiger partial charge is 0.481 e. The van der Waals surface area contributed by atoms with Crippen LogP contribution in [-0.4, -0.2) is 27.8 Å². The standard InChI is InChI=1S/C13H16N2O4/c1-9(16)4-5-12(17)15-11(7-13(18)19)10-3-2-6-14-8-10/h2-3,6,8,11H,4-5,7H2,1H3,(H,15,17)(H,18,19). The van der Waals surface area contributed by atoms with Crippen LogP contribution in [0.4, 0.5) is 0 Å². The molecule has 1 rings (SSSR count). The van der Waals surface area contributed by atoms with Gasteiger partial charge in [-0.3, -0.25) is 14.6 Å². The third-order valence-corrected chi connectivity index (χ3v) is 2.50. The monoisotopic (exact) mass is 264 g/mol. The Labute approximate surface area is 110 Å². The molecule has 0 saturated heterocycles. The molecule has 0 saturated carbocycles. The van der Waals surface area contributed by atoms with E-state index in [-0.39, 0.29) is 31.0 Å². The molecular formula is C13H16N2O4. The Hall–Kier alpha value is -2.24. The van der Waals surface area contributed by atoms with E-state index in [1.165, 1.54) is 13.1 Å². The number of carbonyl (C=O) groups is 3. The molecule has 1 heterocycles. The van der Waals surface area contributed by atoms with Crippen molar-refractivity contribution in [3.8, 4) is 0 Å². The quantitative estimate of drug-likeness (QED) is 0.768. The summed E-state index contributed by atoms with van der Waals surface area (Å²) in [6.45, 7) is 1.41. The molecule has 1 unspecified atom stereocenters. The first kappa shape index (κ1) is 14.8. The number of aromatic nitrogens is 1. The van der Waals surface area contributed by atoms with Gasteiger partial charge in [-0.15, -0.1) is 0 Å². The predicted molar refractivity (Wildman–Crippen MR) is 67.3 cm³/mol. The lowest BCUT2D eigenvalue weighted by molar-refractivity contribution is -0.138. The molecule has 102 valence electrons. The number of carboxylic acid groups (broad SMARTS) is 1. The van der Waals surface area contributed by atoms with Gasteiger partial charge in [0.15, 0.2) is 0 Å². The third kappa shape index (κ3) is 5.76. The molecule has 19 heavy (non-hydrogen) atoms. The fourth-order valence-corrected chi connectivity index (χ4v) is 1.56. The van der Waals surface area contributed by atoms with Gasteiger partial charge in [0.1, 0.15) is 5.78 Å². The van der Waals surface area contributed by atoms with Gasteiger partial charge < -0.3 is 15.2 Å². The first-order valence-corrected chi connectivity index (χ1v) is 5.89. The van der Waals surface area contributed by atoms with E-state index in [4.69, 9.17) is 5.11 Å². The summed E-state index contributed by atoms with van der Waals surface area (Å²) in [6.07, 6.45) is 3.07. The second-order valence-corrected chi connectivity index (χ2v) is 4.21. The zero-order valence-corrected chi connectivity index (χ0v) is 10.6. The zero-order chi connectivity index (χ0) is 14.3. The molecule has 0 aliphatic carbocycles. The maximum Gasteiger partial charge on any atom is 0.305 e. The van der Waals surface area contributed by atoms with Crippen LogP contribution in [0.1, 0.15) is 37.8 Å². The summed E-state index contributed by atoms with van der Waals surface area (Å²) in [6, 6.07) is 2.74. The Balaban J connectivity index is 2.67. The van der Waals surface area contributed by atoms with Crippen molar-refractivity contribution in [2.24, 2.45) is 0 Å². The average molecular weight is 264 g/mol. The number of nitrogens with one attached hydrogen (secondary N) is 1. The summed E-state index contributed by atoms with van der Waals surface area (Å²) < 4.78 is 0. The molecule has 0 fully saturated rings. The number of Topliss-reactive ketones (excluding diaryl/α,β-unsaturated/α-hetero) is 1. The van der Waals surface area contributed by atoms with Gasteiger partial charge in [-0.25, -0.2) is 0 Å². The number of carboxylic acids is 1. The van der Waals surface area contributed by atoms with Crippen molar-refractivity contribution in [3.63, 3.8) is 0 Å². The number of amides is 1. The number of pyridine rings is 1. The molecule has 6 heteroatoms. The van der Waals surface area contributed by atoms with Crippen molar-refractivity contribution in [2.45, 2.75) is 32.2 Å². The van der Waals surface area contributed by atoms with Gasteiger partial charge in [0.05, 0.1) is 12.5 Å². The van der Waals surface area contributed by atoms with Crippen molar-refractivity contribution in [2.75, 3.05) is 0 Å². The lowest BCUT2D eigenvalue weighted by Gasteiger charge is -2.16. The van der Waals surface area contributed by atoms with Crippen LogP contribution in [0.5, 0.6) is 0 Å². The molecule has 1 amide bonds. The molecule has 2 N–H and O–H groups in total. The Morgan fingerprint density at radius 1 is 1.37 bits per heavy atom. The summed E-state index contributed by atoms with van der Waals surface area (Å²) in [5, 5.41) is 11.5. The van der Waals surface area contributed by atoms with Crippen LogP contribution in [0.3, 0.4) is 0 Å². The second kappa shape index (κ2) is 7.25. The second-order valence-electron chi connectivity index (χ2n) is 4.21. The minimum atomic E-state index is -1.01. The first-order chi connectivity index (χ1) is 8.99. The van der Waals surface area contributed by atoms with Gasteiger partial charge in [0, 0.05) is 25.2 Å². The predicted octanol–water partition coefficient (Wildman–Crippen LogP) is 1.08. The van der Waals surface area contributed by atoms with Crippen LogP contribution < -0.4 is 5.32 Å². The zero-order valence-electron chi connectivity index (χ0n) is 10.6. The molecule has 1 aromatic heterocycles. The number of hydrogen-bond donors (Lipinski definition) is 2. The molecule has 6 nitrogen and oxygen atoms in total. The number of carbonyl (C=O) groups excluding carboxylic acids is 2. The van der Waals surface area contributed by atoms with Crippen LogP contribution in [-0.2, 0) is 14.4 Å². The van der Waals surface area contributed by atoms with Gasteiger partial charge in [-0.1, -0.05) is 6.07 Å². The summed E-state index contributed by atoms with van der Waals surface area (Å²) in [7, 11) is 0. The highest BCUT2D eigenvalue weighted by Crippen LogP contribution is 2.15. The fraction of sp³-hybridized carbons (Fsp3) is 0.385. The van der Waals surface area contributed by atoms with Crippen LogP contribution in [0.2, 0.25) is 0 Å². The summed E-state index contributed by atoms with van der Waals surface area (Å²) in [4.78, 5) is 37.1. The van der Waals surface area contributed by atoms with E-state index in [1.54, 1.807) is 18.3 Å². The Morgan fingerprint density at radius 3 is 2.63 bits per heavy atom. The Kier molecular flexibility index (Phi) is 5.66. The number of aliphatic carboxylic acids is 1. The van der Waals surface area contributed by atoms with E-state index in [0.717, 1.165) is 0 Å². The van der Waals surface area contributed by atoms with Crippen LogP contribution in [0.15, 0.2) is 24.5 Å². The van der Waals surface area contributed by atoms with Crippen molar-refractivity contribution >= 4 is 17.7 Å². The Morgan fingerprint density at radius 2 is 2.11 bits per heavy atom. The topological polar surface area (TPSA) is 96.4 Å². The highest BCUT2D eigenvalue weighted by Gasteiger charge is 2.18. The van der Waals surface area contributed by atoms with E-state index in [9.17, 15) is 14.4 Å². The molecule has 0 spiro atoms. The van der Waals surface area contributed by atoms with Gasteiger partial charge in [0.25, 0.3) is 0 Å². The minimum Gasteiger partial charge on any atom is -0.481 e.